The first-order valence-electron chi connectivity index (χ1n) is 10.4. The Morgan fingerprint density at radius 3 is 2.62 bits per heavy atom. The Labute approximate surface area is 195 Å². The predicted molar refractivity (Wildman–Crippen MR) is 132 cm³/mol. The summed E-state index contributed by atoms with van der Waals surface area (Å²) in [5, 5.41) is 0. The zero-order chi connectivity index (χ0) is 22.8. The van der Waals surface area contributed by atoms with Gasteiger partial charge in [0.15, 0.2) is 0 Å². The van der Waals surface area contributed by atoms with E-state index in [2.05, 4.69) is 11.9 Å². The van der Waals surface area contributed by atoms with Gasteiger partial charge in [0.1, 0.15) is 21.3 Å². The minimum absolute atomic E-state index is 0.164. The van der Waals surface area contributed by atoms with E-state index in [1.54, 1.807) is 23.2 Å². The molecular formula is C24H23N3O3S2. The number of rotatable bonds is 6. The van der Waals surface area contributed by atoms with Gasteiger partial charge in [-0.1, -0.05) is 61.6 Å². The van der Waals surface area contributed by atoms with E-state index in [4.69, 9.17) is 17.0 Å². The van der Waals surface area contributed by atoms with Crippen molar-refractivity contribution in [2.75, 3.05) is 6.54 Å². The van der Waals surface area contributed by atoms with Gasteiger partial charge in [-0.3, -0.25) is 18.9 Å². The molecule has 2 aromatic heterocycles. The van der Waals surface area contributed by atoms with E-state index in [0.717, 1.165) is 24.0 Å². The van der Waals surface area contributed by atoms with Crippen molar-refractivity contribution < 1.29 is 9.53 Å². The molecule has 1 aromatic carbocycles. The number of benzene rings is 1. The summed E-state index contributed by atoms with van der Waals surface area (Å²) in [6.45, 7) is 6.44. The minimum Gasteiger partial charge on any atom is -0.438 e. The summed E-state index contributed by atoms with van der Waals surface area (Å²) < 4.78 is 8.09. The lowest BCUT2D eigenvalue weighted by atomic mass is 10.2. The van der Waals surface area contributed by atoms with E-state index in [0.29, 0.717) is 27.2 Å². The average Bonchev–Trinajstić information content (AvgIpc) is 3.04. The fourth-order valence-corrected chi connectivity index (χ4v) is 4.70. The summed E-state index contributed by atoms with van der Waals surface area (Å²) >= 11 is 6.60. The van der Waals surface area contributed by atoms with Crippen molar-refractivity contribution in [1.82, 2.24) is 14.3 Å². The molecular weight excluding hydrogens is 442 g/mol. The number of thioether (sulfide) groups is 1. The Bertz CT molecular complexity index is 1310. The first-order valence-corrected chi connectivity index (χ1v) is 11.6. The molecule has 164 valence electrons. The molecule has 1 fully saturated rings. The topological polar surface area (TPSA) is 63.9 Å². The Morgan fingerprint density at radius 2 is 1.88 bits per heavy atom. The smallest absolute Gasteiger partial charge is 0.269 e. The summed E-state index contributed by atoms with van der Waals surface area (Å²) in [4.78, 5) is 33.0. The SMILES string of the molecule is CCCCN1C(=O)/C(=C\c2c(Oc3ccccc3C)nc3c(C)cccn3c2=O)SC1=S. The van der Waals surface area contributed by atoms with Gasteiger partial charge in [0.25, 0.3) is 11.5 Å². The van der Waals surface area contributed by atoms with Crippen LogP contribution in [0.3, 0.4) is 0 Å². The summed E-state index contributed by atoms with van der Waals surface area (Å²) in [6.07, 6.45) is 5.04. The molecule has 0 saturated carbocycles. The highest BCUT2D eigenvalue weighted by molar-refractivity contribution is 8.26. The number of thiocarbonyl (C=S) groups is 1. The van der Waals surface area contributed by atoms with Crippen LogP contribution in [0.4, 0.5) is 0 Å². The van der Waals surface area contributed by atoms with Gasteiger partial charge in [0.2, 0.25) is 5.88 Å². The molecule has 3 aromatic rings. The summed E-state index contributed by atoms with van der Waals surface area (Å²) in [6, 6.07) is 11.2. The van der Waals surface area contributed by atoms with Gasteiger partial charge in [-0.2, -0.15) is 4.98 Å². The van der Waals surface area contributed by atoms with Crippen LogP contribution in [0.1, 0.15) is 36.5 Å². The van der Waals surface area contributed by atoms with Crippen LogP contribution < -0.4 is 10.3 Å². The zero-order valence-corrected chi connectivity index (χ0v) is 19.8. The molecule has 0 radical (unpaired) electrons. The first kappa shape index (κ1) is 22.2. The number of amides is 1. The van der Waals surface area contributed by atoms with E-state index < -0.39 is 0 Å². The van der Waals surface area contributed by atoms with Crippen LogP contribution in [0, 0.1) is 13.8 Å². The molecule has 3 heterocycles. The number of hydrogen-bond donors (Lipinski definition) is 0. The third-order valence-corrected chi connectivity index (χ3v) is 6.61. The standard InChI is InChI=1S/C24H23N3O3S2/c1-4-5-12-27-23(29)19(32-24(27)31)14-17-21(30-18-11-7-6-9-15(18)2)25-20-16(3)10-8-13-26(20)22(17)28/h6-11,13-14H,4-5,12H2,1-3H3/b19-14+. The zero-order valence-electron chi connectivity index (χ0n) is 18.1. The molecule has 0 aliphatic carbocycles. The van der Waals surface area contributed by atoms with E-state index in [-0.39, 0.29) is 22.9 Å². The highest BCUT2D eigenvalue weighted by atomic mass is 32.2. The van der Waals surface area contributed by atoms with E-state index in [1.807, 2.05) is 44.2 Å². The van der Waals surface area contributed by atoms with Crippen LogP contribution in [0.15, 0.2) is 52.3 Å². The highest BCUT2D eigenvalue weighted by Crippen LogP contribution is 2.34. The van der Waals surface area contributed by atoms with Gasteiger partial charge in [-0.25, -0.2) is 0 Å². The number of para-hydroxylation sites is 1. The summed E-state index contributed by atoms with van der Waals surface area (Å²) in [5.41, 5.74) is 2.18. The third kappa shape index (κ3) is 4.20. The Kier molecular flexibility index (Phi) is 6.43. The molecule has 0 atom stereocenters. The van der Waals surface area contributed by atoms with E-state index >= 15 is 0 Å². The molecule has 8 heteroatoms. The van der Waals surface area contributed by atoms with E-state index in [9.17, 15) is 9.59 Å². The quantitative estimate of drug-likeness (QED) is 0.373. The summed E-state index contributed by atoms with van der Waals surface area (Å²) in [7, 11) is 0. The molecule has 1 saturated heterocycles. The van der Waals surface area contributed by atoms with Crippen molar-refractivity contribution >= 4 is 45.9 Å². The molecule has 0 bridgehead atoms. The Morgan fingerprint density at radius 1 is 1.12 bits per heavy atom. The second-order valence-electron chi connectivity index (χ2n) is 7.58. The monoisotopic (exact) mass is 465 g/mol. The molecule has 0 spiro atoms. The maximum absolute atomic E-state index is 13.4. The normalized spacial score (nSPS) is 15.2. The van der Waals surface area contributed by atoms with Crippen molar-refractivity contribution in [3.63, 3.8) is 0 Å². The first-order chi connectivity index (χ1) is 15.4. The van der Waals surface area contributed by atoms with Crippen molar-refractivity contribution in [1.29, 1.82) is 0 Å². The number of carbonyl (C=O) groups is 1. The van der Waals surface area contributed by atoms with Crippen LogP contribution in [0.25, 0.3) is 11.7 Å². The maximum atomic E-state index is 13.4. The number of aryl methyl sites for hydroxylation is 2. The number of ether oxygens (including phenoxy) is 1. The van der Waals surface area contributed by atoms with Crippen LogP contribution in [0.5, 0.6) is 11.6 Å². The number of aromatic nitrogens is 2. The molecule has 32 heavy (non-hydrogen) atoms. The second-order valence-corrected chi connectivity index (χ2v) is 9.25. The molecule has 1 aliphatic heterocycles. The van der Waals surface area contributed by atoms with Gasteiger partial charge in [0, 0.05) is 12.7 Å². The van der Waals surface area contributed by atoms with Crippen LogP contribution in [0.2, 0.25) is 0 Å². The van der Waals surface area contributed by atoms with Gasteiger partial charge < -0.3 is 4.74 Å². The number of hydrogen-bond acceptors (Lipinski definition) is 6. The molecule has 1 aliphatic rings. The number of fused-ring (bicyclic) bond motifs is 1. The lowest BCUT2D eigenvalue weighted by Crippen LogP contribution is -2.29. The molecule has 6 nitrogen and oxygen atoms in total. The molecule has 0 N–H and O–H groups in total. The number of unbranched alkanes of at least 4 members (excludes halogenated alkanes) is 1. The van der Waals surface area contributed by atoms with Gasteiger partial charge in [-0.15, -0.1) is 0 Å². The number of pyridine rings is 1. The third-order valence-electron chi connectivity index (χ3n) is 5.23. The predicted octanol–water partition coefficient (Wildman–Crippen LogP) is 5.10. The minimum atomic E-state index is -0.305. The van der Waals surface area contributed by atoms with Crippen molar-refractivity contribution in [3.8, 4) is 11.6 Å². The van der Waals surface area contributed by atoms with Gasteiger partial charge >= 0.3 is 0 Å². The average molecular weight is 466 g/mol. The lowest BCUT2D eigenvalue weighted by molar-refractivity contribution is -0.122. The molecule has 1 amide bonds. The van der Waals surface area contributed by atoms with Gasteiger partial charge in [0.05, 0.1) is 4.91 Å². The number of carbonyl (C=O) groups excluding carboxylic acids is 1. The lowest BCUT2D eigenvalue weighted by Gasteiger charge is -2.13. The fourth-order valence-electron chi connectivity index (χ4n) is 3.41. The fraction of sp³-hybridized carbons (Fsp3) is 0.250. The Hall–Kier alpha value is -2.97. The molecule has 0 unspecified atom stereocenters. The highest BCUT2D eigenvalue weighted by Gasteiger charge is 2.32. The maximum Gasteiger partial charge on any atom is 0.269 e. The summed E-state index contributed by atoms with van der Waals surface area (Å²) in [5.74, 6) is 0.573. The second kappa shape index (κ2) is 9.26. The van der Waals surface area contributed by atoms with Crippen molar-refractivity contribution in [2.45, 2.75) is 33.6 Å². The van der Waals surface area contributed by atoms with Crippen LogP contribution in [-0.2, 0) is 4.79 Å². The Balaban J connectivity index is 1.86. The molecule has 4 rings (SSSR count). The van der Waals surface area contributed by atoms with Crippen LogP contribution >= 0.6 is 24.0 Å². The van der Waals surface area contributed by atoms with E-state index in [1.165, 1.54) is 16.2 Å². The largest absolute Gasteiger partial charge is 0.438 e. The van der Waals surface area contributed by atoms with Crippen molar-refractivity contribution in [2.24, 2.45) is 0 Å². The van der Waals surface area contributed by atoms with Gasteiger partial charge in [-0.05, 0) is 49.6 Å². The van der Waals surface area contributed by atoms with Crippen LogP contribution in [-0.4, -0.2) is 31.1 Å². The van der Waals surface area contributed by atoms with Crippen molar-refractivity contribution in [3.05, 3.63) is 74.5 Å². The number of nitrogens with zero attached hydrogens (tertiary/aromatic N) is 3.